The minimum atomic E-state index is -0.423. The molecule has 3 aromatic rings. The summed E-state index contributed by atoms with van der Waals surface area (Å²) in [6, 6.07) is 15.0. The summed E-state index contributed by atoms with van der Waals surface area (Å²) in [6.07, 6.45) is 3.64. The SMILES string of the molecule is CCOc1ccc(N=C2NC(=O)C(=Cc3cn(CC(N)=O)c4ccccc34)S2)cc1. The molecule has 152 valence electrons. The third-order valence-electron chi connectivity index (χ3n) is 4.46. The summed E-state index contributed by atoms with van der Waals surface area (Å²) in [5.74, 6) is 0.140. The van der Waals surface area contributed by atoms with Crippen molar-refractivity contribution in [1.29, 1.82) is 0 Å². The zero-order chi connectivity index (χ0) is 21.1. The monoisotopic (exact) mass is 420 g/mol. The lowest BCUT2D eigenvalue weighted by molar-refractivity contribution is -0.118. The van der Waals surface area contributed by atoms with Gasteiger partial charge in [0.15, 0.2) is 5.17 Å². The fraction of sp³-hybridized carbons (Fsp3) is 0.136. The molecule has 3 N–H and O–H groups in total. The molecule has 1 aromatic heterocycles. The van der Waals surface area contributed by atoms with Crippen LogP contribution in [-0.2, 0) is 16.1 Å². The minimum Gasteiger partial charge on any atom is -0.494 e. The summed E-state index contributed by atoms with van der Waals surface area (Å²) >= 11 is 1.27. The van der Waals surface area contributed by atoms with Crippen molar-refractivity contribution in [2.75, 3.05) is 6.61 Å². The van der Waals surface area contributed by atoms with Crippen molar-refractivity contribution in [1.82, 2.24) is 9.88 Å². The molecular formula is C22H20N4O3S. The van der Waals surface area contributed by atoms with Gasteiger partial charge in [-0.3, -0.25) is 9.59 Å². The van der Waals surface area contributed by atoms with Crippen LogP contribution >= 0.6 is 11.8 Å². The number of nitrogens with two attached hydrogens (primary N) is 1. The second kappa shape index (κ2) is 8.46. The van der Waals surface area contributed by atoms with E-state index in [9.17, 15) is 9.59 Å². The molecule has 7 nitrogen and oxygen atoms in total. The molecule has 0 aliphatic carbocycles. The highest BCUT2D eigenvalue weighted by molar-refractivity contribution is 8.18. The molecule has 1 aliphatic heterocycles. The Labute approximate surface area is 177 Å². The van der Waals surface area contributed by atoms with E-state index in [0.717, 1.165) is 27.9 Å². The zero-order valence-electron chi connectivity index (χ0n) is 16.3. The number of ether oxygens (including phenoxy) is 1. The Bertz CT molecular complexity index is 1180. The summed E-state index contributed by atoms with van der Waals surface area (Å²) in [6.45, 7) is 2.61. The van der Waals surface area contributed by atoms with Crippen LogP contribution in [0, 0.1) is 0 Å². The normalized spacial score (nSPS) is 16.4. The number of nitrogens with one attached hydrogen (secondary N) is 1. The van der Waals surface area contributed by atoms with E-state index in [1.807, 2.05) is 61.7 Å². The molecule has 1 aliphatic rings. The maximum absolute atomic E-state index is 12.5. The molecular weight excluding hydrogens is 400 g/mol. The zero-order valence-corrected chi connectivity index (χ0v) is 17.1. The second-order valence-electron chi connectivity index (χ2n) is 6.60. The molecule has 0 bridgehead atoms. The number of hydrogen-bond donors (Lipinski definition) is 2. The van der Waals surface area contributed by atoms with Crippen molar-refractivity contribution in [2.45, 2.75) is 13.5 Å². The predicted octanol–water partition coefficient (Wildman–Crippen LogP) is 3.42. The molecule has 8 heteroatoms. The van der Waals surface area contributed by atoms with Gasteiger partial charge in [-0.1, -0.05) is 18.2 Å². The van der Waals surface area contributed by atoms with Crippen LogP contribution in [0.25, 0.3) is 17.0 Å². The lowest BCUT2D eigenvalue weighted by Crippen LogP contribution is -2.19. The van der Waals surface area contributed by atoms with Gasteiger partial charge in [0.25, 0.3) is 5.91 Å². The Morgan fingerprint density at radius 1 is 1.23 bits per heavy atom. The van der Waals surface area contributed by atoms with Gasteiger partial charge >= 0.3 is 0 Å². The van der Waals surface area contributed by atoms with Gasteiger partial charge in [0.2, 0.25) is 5.91 Å². The van der Waals surface area contributed by atoms with E-state index in [4.69, 9.17) is 10.5 Å². The number of para-hydroxylation sites is 1. The smallest absolute Gasteiger partial charge is 0.264 e. The predicted molar refractivity (Wildman–Crippen MR) is 120 cm³/mol. The van der Waals surface area contributed by atoms with Crippen molar-refractivity contribution in [3.63, 3.8) is 0 Å². The number of aromatic nitrogens is 1. The molecule has 0 atom stereocenters. The van der Waals surface area contributed by atoms with Gasteiger partial charge in [-0.25, -0.2) is 4.99 Å². The Kier molecular flexibility index (Phi) is 5.58. The number of benzene rings is 2. The molecule has 2 amide bonds. The topological polar surface area (TPSA) is 98.7 Å². The number of thioether (sulfide) groups is 1. The number of aliphatic imine (C=N–C) groups is 1. The van der Waals surface area contributed by atoms with Crippen molar-refractivity contribution in [3.8, 4) is 5.75 Å². The number of amides is 2. The molecule has 0 spiro atoms. The molecule has 2 aromatic carbocycles. The van der Waals surface area contributed by atoms with Crippen LogP contribution in [0.5, 0.6) is 5.75 Å². The Balaban J connectivity index is 1.61. The molecule has 30 heavy (non-hydrogen) atoms. The van der Waals surface area contributed by atoms with Crippen LogP contribution < -0.4 is 15.8 Å². The van der Waals surface area contributed by atoms with Gasteiger partial charge in [-0.05, 0) is 55.1 Å². The van der Waals surface area contributed by atoms with Gasteiger partial charge < -0.3 is 20.4 Å². The van der Waals surface area contributed by atoms with Gasteiger partial charge in [0.05, 0.1) is 17.2 Å². The molecule has 2 heterocycles. The van der Waals surface area contributed by atoms with Crippen LogP contribution in [0.4, 0.5) is 5.69 Å². The quantitative estimate of drug-likeness (QED) is 0.597. The number of primary amides is 1. The van der Waals surface area contributed by atoms with E-state index >= 15 is 0 Å². The van der Waals surface area contributed by atoms with Crippen molar-refractivity contribution >= 4 is 51.4 Å². The number of nitrogens with zero attached hydrogens (tertiary/aromatic N) is 2. The summed E-state index contributed by atoms with van der Waals surface area (Å²) in [4.78, 5) is 28.9. The average Bonchev–Trinajstić information content (AvgIpc) is 3.24. The number of rotatable bonds is 6. The first-order valence-electron chi connectivity index (χ1n) is 9.42. The van der Waals surface area contributed by atoms with Gasteiger partial charge in [-0.15, -0.1) is 0 Å². The number of hydrogen-bond acceptors (Lipinski definition) is 5. The average molecular weight is 420 g/mol. The number of carbonyl (C=O) groups is 2. The van der Waals surface area contributed by atoms with Crippen LogP contribution in [-0.4, -0.2) is 28.2 Å². The minimum absolute atomic E-state index is 0.0769. The van der Waals surface area contributed by atoms with Crippen molar-refractivity contribution < 1.29 is 14.3 Å². The Hall–Kier alpha value is -3.52. The van der Waals surface area contributed by atoms with Gasteiger partial charge in [0, 0.05) is 22.7 Å². The second-order valence-corrected chi connectivity index (χ2v) is 7.64. The number of fused-ring (bicyclic) bond motifs is 1. The molecule has 1 saturated heterocycles. The van der Waals surface area contributed by atoms with E-state index in [1.165, 1.54) is 11.8 Å². The van der Waals surface area contributed by atoms with Gasteiger partial charge in [0.1, 0.15) is 12.3 Å². The fourth-order valence-electron chi connectivity index (χ4n) is 3.21. The van der Waals surface area contributed by atoms with E-state index < -0.39 is 5.91 Å². The lowest BCUT2D eigenvalue weighted by Gasteiger charge is -2.02. The van der Waals surface area contributed by atoms with E-state index in [0.29, 0.717) is 16.7 Å². The van der Waals surface area contributed by atoms with E-state index in [2.05, 4.69) is 10.3 Å². The molecule has 1 fully saturated rings. The first kappa shape index (κ1) is 19.8. The maximum atomic E-state index is 12.5. The lowest BCUT2D eigenvalue weighted by atomic mass is 10.1. The maximum Gasteiger partial charge on any atom is 0.264 e. The Morgan fingerprint density at radius 2 is 2.00 bits per heavy atom. The third kappa shape index (κ3) is 4.23. The molecule has 4 rings (SSSR count). The standard InChI is InChI=1S/C22H20N4O3S/c1-2-29-16-9-7-15(8-10-16)24-22-25-21(28)19(30-22)11-14-12-26(13-20(23)27)18-6-4-3-5-17(14)18/h3-12H,2,13H2,1H3,(H2,23,27)(H,24,25,28). The summed E-state index contributed by atoms with van der Waals surface area (Å²) in [5.41, 5.74) is 7.81. The highest BCUT2D eigenvalue weighted by Crippen LogP contribution is 2.31. The first-order valence-corrected chi connectivity index (χ1v) is 10.2. The van der Waals surface area contributed by atoms with Gasteiger partial charge in [-0.2, -0.15) is 0 Å². The summed E-state index contributed by atoms with van der Waals surface area (Å²) < 4.78 is 7.22. The van der Waals surface area contributed by atoms with E-state index in [-0.39, 0.29) is 12.5 Å². The molecule has 0 unspecified atom stereocenters. The van der Waals surface area contributed by atoms with Crippen molar-refractivity contribution in [3.05, 3.63) is 65.2 Å². The highest BCUT2D eigenvalue weighted by atomic mass is 32.2. The molecule has 0 radical (unpaired) electrons. The Morgan fingerprint density at radius 3 is 2.73 bits per heavy atom. The number of amidine groups is 1. The molecule has 0 saturated carbocycles. The fourth-order valence-corrected chi connectivity index (χ4v) is 4.04. The summed E-state index contributed by atoms with van der Waals surface area (Å²) in [7, 11) is 0. The van der Waals surface area contributed by atoms with Crippen LogP contribution in [0.15, 0.2) is 64.6 Å². The number of carbonyl (C=O) groups excluding carboxylic acids is 2. The third-order valence-corrected chi connectivity index (χ3v) is 5.37. The largest absolute Gasteiger partial charge is 0.494 e. The van der Waals surface area contributed by atoms with Crippen LogP contribution in [0.1, 0.15) is 12.5 Å². The van der Waals surface area contributed by atoms with Crippen molar-refractivity contribution in [2.24, 2.45) is 10.7 Å². The van der Waals surface area contributed by atoms with E-state index in [1.54, 1.807) is 10.6 Å². The summed E-state index contributed by atoms with van der Waals surface area (Å²) in [5, 5.41) is 4.24. The first-order chi connectivity index (χ1) is 14.5. The highest BCUT2D eigenvalue weighted by Gasteiger charge is 2.24. The van der Waals surface area contributed by atoms with Crippen LogP contribution in [0.2, 0.25) is 0 Å². The van der Waals surface area contributed by atoms with Crippen LogP contribution in [0.3, 0.4) is 0 Å².